The molecule has 0 bridgehead atoms. The summed E-state index contributed by atoms with van der Waals surface area (Å²) in [6, 6.07) is 4.63. The Hall–Kier alpha value is -1.43. The van der Waals surface area contributed by atoms with E-state index in [1.165, 1.54) is 16.8 Å². The van der Waals surface area contributed by atoms with Crippen molar-refractivity contribution in [2.24, 2.45) is 7.05 Å². The molecule has 2 aromatic rings. The molecular weight excluding hydrogens is 286 g/mol. The predicted octanol–water partition coefficient (Wildman–Crippen LogP) is 1.69. The van der Waals surface area contributed by atoms with Crippen molar-refractivity contribution in [2.45, 2.75) is 19.5 Å². The number of nitrogens with one attached hydrogen (secondary N) is 1. The molecule has 114 valence electrons. The maximum absolute atomic E-state index is 4.34. The predicted molar refractivity (Wildman–Crippen MR) is 85.5 cm³/mol. The van der Waals surface area contributed by atoms with Gasteiger partial charge in [0, 0.05) is 62.9 Å². The molecular formula is C15H22ClN5. The Labute approximate surface area is 131 Å². The molecule has 1 aliphatic rings. The Bertz CT molecular complexity index is 569. The third kappa shape index (κ3) is 3.43. The number of aryl methyl sites for hydroxylation is 1. The van der Waals surface area contributed by atoms with Gasteiger partial charge in [0.25, 0.3) is 0 Å². The second-order valence-corrected chi connectivity index (χ2v) is 5.35. The van der Waals surface area contributed by atoms with Gasteiger partial charge in [0.2, 0.25) is 0 Å². The number of nitrogens with zero attached hydrogens (tertiary/aromatic N) is 4. The van der Waals surface area contributed by atoms with E-state index in [-0.39, 0.29) is 12.4 Å². The maximum atomic E-state index is 4.34. The third-order valence-electron chi connectivity index (χ3n) is 4.16. The molecule has 21 heavy (non-hydrogen) atoms. The summed E-state index contributed by atoms with van der Waals surface area (Å²) < 4.78 is 1.94. The number of halogens is 1. The lowest BCUT2D eigenvalue weighted by atomic mass is 10.0. The molecule has 0 aromatic carbocycles. The zero-order valence-corrected chi connectivity index (χ0v) is 13.3. The van der Waals surface area contributed by atoms with Crippen molar-refractivity contribution in [3.8, 4) is 0 Å². The van der Waals surface area contributed by atoms with Crippen molar-refractivity contribution < 1.29 is 0 Å². The second-order valence-electron chi connectivity index (χ2n) is 5.35. The van der Waals surface area contributed by atoms with E-state index in [1.807, 2.05) is 30.3 Å². The van der Waals surface area contributed by atoms with E-state index in [9.17, 15) is 0 Å². The van der Waals surface area contributed by atoms with Crippen LogP contribution >= 0.6 is 12.4 Å². The van der Waals surface area contributed by atoms with Gasteiger partial charge in [-0.1, -0.05) is 0 Å². The van der Waals surface area contributed by atoms with Gasteiger partial charge in [0.05, 0.1) is 6.20 Å². The van der Waals surface area contributed by atoms with Gasteiger partial charge in [-0.15, -0.1) is 12.4 Å². The molecule has 6 heteroatoms. The first-order valence-electron chi connectivity index (χ1n) is 7.08. The molecule has 3 rings (SSSR count). The van der Waals surface area contributed by atoms with Gasteiger partial charge in [-0.3, -0.25) is 14.6 Å². The van der Waals surface area contributed by atoms with Gasteiger partial charge in [0.15, 0.2) is 0 Å². The zero-order chi connectivity index (χ0) is 13.9. The van der Waals surface area contributed by atoms with Crippen molar-refractivity contribution in [1.29, 1.82) is 0 Å². The lowest BCUT2D eigenvalue weighted by Crippen LogP contribution is -2.45. The van der Waals surface area contributed by atoms with Gasteiger partial charge < -0.3 is 5.32 Å². The Balaban J connectivity index is 0.00000161. The molecule has 0 aliphatic carbocycles. The van der Waals surface area contributed by atoms with Gasteiger partial charge in [-0.25, -0.2) is 0 Å². The van der Waals surface area contributed by atoms with E-state index in [2.05, 4.69) is 39.4 Å². The monoisotopic (exact) mass is 307 g/mol. The van der Waals surface area contributed by atoms with Crippen LogP contribution in [0.3, 0.4) is 0 Å². The van der Waals surface area contributed by atoms with Crippen molar-refractivity contribution >= 4 is 12.4 Å². The van der Waals surface area contributed by atoms with E-state index in [0.717, 1.165) is 26.2 Å². The van der Waals surface area contributed by atoms with Crippen LogP contribution in [0.2, 0.25) is 0 Å². The summed E-state index contributed by atoms with van der Waals surface area (Å²) in [6.07, 6.45) is 5.73. The maximum Gasteiger partial charge on any atom is 0.0537 e. The summed E-state index contributed by atoms with van der Waals surface area (Å²) in [4.78, 5) is 6.64. The number of rotatable bonds is 3. The van der Waals surface area contributed by atoms with Crippen molar-refractivity contribution in [1.82, 2.24) is 25.0 Å². The van der Waals surface area contributed by atoms with Gasteiger partial charge in [0.1, 0.15) is 0 Å². The molecule has 3 heterocycles. The molecule has 0 saturated carbocycles. The fourth-order valence-electron chi connectivity index (χ4n) is 2.77. The van der Waals surface area contributed by atoms with Crippen molar-refractivity contribution in [2.75, 3.05) is 19.6 Å². The molecule has 1 N–H and O–H groups in total. The Kier molecular flexibility index (Phi) is 5.33. The van der Waals surface area contributed by atoms with Gasteiger partial charge in [-0.2, -0.15) is 5.10 Å². The van der Waals surface area contributed by atoms with E-state index in [1.54, 1.807) is 0 Å². The highest BCUT2D eigenvalue weighted by molar-refractivity contribution is 5.85. The first-order chi connectivity index (χ1) is 9.75. The van der Waals surface area contributed by atoms with Gasteiger partial charge in [-0.05, 0) is 24.6 Å². The van der Waals surface area contributed by atoms with Gasteiger partial charge >= 0.3 is 0 Å². The smallest absolute Gasteiger partial charge is 0.0537 e. The fourth-order valence-corrected chi connectivity index (χ4v) is 2.77. The molecule has 0 spiro atoms. The van der Waals surface area contributed by atoms with Crippen LogP contribution in [0.5, 0.6) is 0 Å². The minimum absolute atomic E-state index is 0. The molecule has 2 aromatic heterocycles. The molecule has 1 unspecified atom stereocenters. The summed E-state index contributed by atoms with van der Waals surface area (Å²) in [5.74, 6) is 0. The zero-order valence-electron chi connectivity index (χ0n) is 12.5. The Morgan fingerprint density at radius 1 is 1.33 bits per heavy atom. The largest absolute Gasteiger partial charge is 0.314 e. The minimum Gasteiger partial charge on any atom is -0.314 e. The Morgan fingerprint density at radius 2 is 2.10 bits per heavy atom. The summed E-state index contributed by atoms with van der Waals surface area (Å²) in [5, 5.41) is 7.83. The standard InChI is InChI=1S/C15H21N5.ClH/c1-12-14(9-18-19(12)2)11-20-8-7-17-10-15(20)13-3-5-16-6-4-13;/h3-6,9,15,17H,7-8,10-11H2,1-2H3;1H. The third-order valence-corrected chi connectivity index (χ3v) is 4.16. The van der Waals surface area contributed by atoms with E-state index < -0.39 is 0 Å². The topological polar surface area (TPSA) is 46.0 Å². The highest BCUT2D eigenvalue weighted by Gasteiger charge is 2.24. The quantitative estimate of drug-likeness (QED) is 0.937. The Morgan fingerprint density at radius 3 is 2.76 bits per heavy atom. The van der Waals surface area contributed by atoms with E-state index in [0.29, 0.717) is 6.04 Å². The number of aromatic nitrogens is 3. The highest BCUT2D eigenvalue weighted by atomic mass is 35.5. The average Bonchev–Trinajstić information content (AvgIpc) is 2.81. The van der Waals surface area contributed by atoms with Crippen LogP contribution in [0.25, 0.3) is 0 Å². The molecule has 5 nitrogen and oxygen atoms in total. The van der Waals surface area contributed by atoms with Crippen molar-refractivity contribution in [3.63, 3.8) is 0 Å². The summed E-state index contributed by atoms with van der Waals surface area (Å²) in [7, 11) is 2.00. The SMILES string of the molecule is Cc1c(CN2CCNCC2c2ccncc2)cnn1C.Cl. The highest BCUT2D eigenvalue weighted by Crippen LogP contribution is 2.24. The molecule has 1 saturated heterocycles. The van der Waals surface area contributed by atoms with Crippen LogP contribution in [0.15, 0.2) is 30.7 Å². The first kappa shape index (κ1) is 15.9. The summed E-state index contributed by atoms with van der Waals surface area (Å²) >= 11 is 0. The second kappa shape index (κ2) is 7.02. The molecule has 1 fully saturated rings. The lowest BCUT2D eigenvalue weighted by Gasteiger charge is -2.36. The first-order valence-corrected chi connectivity index (χ1v) is 7.08. The van der Waals surface area contributed by atoms with Crippen LogP contribution < -0.4 is 5.32 Å². The minimum atomic E-state index is 0. The number of hydrogen-bond acceptors (Lipinski definition) is 4. The van der Waals surface area contributed by atoms with Crippen LogP contribution in [-0.2, 0) is 13.6 Å². The fraction of sp³-hybridized carbons (Fsp3) is 0.467. The van der Waals surface area contributed by atoms with Crippen LogP contribution in [0.4, 0.5) is 0 Å². The van der Waals surface area contributed by atoms with E-state index >= 15 is 0 Å². The molecule has 1 atom stereocenters. The van der Waals surface area contributed by atoms with Crippen LogP contribution in [-0.4, -0.2) is 39.3 Å². The van der Waals surface area contributed by atoms with Crippen LogP contribution in [0.1, 0.15) is 22.9 Å². The number of piperazine rings is 1. The lowest BCUT2D eigenvalue weighted by molar-refractivity contribution is 0.153. The molecule has 0 radical (unpaired) electrons. The molecule has 1 aliphatic heterocycles. The summed E-state index contributed by atoms with van der Waals surface area (Å²) in [5.41, 5.74) is 3.89. The summed E-state index contributed by atoms with van der Waals surface area (Å²) in [6.45, 7) is 6.17. The number of pyridine rings is 1. The average molecular weight is 308 g/mol. The van der Waals surface area contributed by atoms with E-state index in [4.69, 9.17) is 0 Å². The molecule has 0 amide bonds. The normalized spacial score (nSPS) is 19.2. The van der Waals surface area contributed by atoms with Crippen molar-refractivity contribution in [3.05, 3.63) is 47.5 Å². The van der Waals surface area contributed by atoms with Crippen LogP contribution in [0, 0.1) is 6.92 Å². The number of hydrogen-bond donors (Lipinski definition) is 1.